The maximum atomic E-state index is 14.4. The molecule has 2 unspecified atom stereocenters. The maximum Gasteiger partial charge on any atom is 0.245 e. The minimum absolute atomic E-state index is 0.0329. The number of rotatable bonds is 4. The zero-order valence-electron chi connectivity index (χ0n) is 19.8. The lowest BCUT2D eigenvalue weighted by molar-refractivity contribution is -0.122. The molecule has 1 amide bonds. The van der Waals surface area contributed by atoms with Gasteiger partial charge in [-0.25, -0.2) is 4.39 Å². The molecule has 0 radical (unpaired) electrons. The molecule has 0 aromatic heterocycles. The highest BCUT2D eigenvalue weighted by molar-refractivity contribution is 6.13. The summed E-state index contributed by atoms with van der Waals surface area (Å²) in [6.07, 6.45) is 6.81. The molecule has 3 aromatic carbocycles. The lowest BCUT2D eigenvalue weighted by Crippen LogP contribution is -2.45. The van der Waals surface area contributed by atoms with Crippen molar-refractivity contribution in [3.63, 3.8) is 0 Å². The van der Waals surface area contributed by atoms with E-state index in [0.717, 1.165) is 65.1 Å². The summed E-state index contributed by atoms with van der Waals surface area (Å²) in [6.45, 7) is 2.17. The third kappa shape index (κ3) is 3.21. The Balaban J connectivity index is 1.39. The zero-order chi connectivity index (χ0) is 24.3. The minimum Gasteiger partial charge on any atom is -0.493 e. The highest BCUT2D eigenvalue weighted by Crippen LogP contribution is 2.55. The molecule has 0 N–H and O–H groups in total. The van der Waals surface area contributed by atoms with Crippen LogP contribution in [0.2, 0.25) is 0 Å². The predicted molar refractivity (Wildman–Crippen MR) is 135 cm³/mol. The Bertz CT molecular complexity index is 1390. The topological polar surface area (TPSA) is 48.0 Å². The van der Waals surface area contributed by atoms with Gasteiger partial charge in [-0.3, -0.25) is 4.79 Å². The van der Waals surface area contributed by atoms with Gasteiger partial charge >= 0.3 is 0 Å². The number of hydrogen-bond acceptors (Lipinski definition) is 4. The smallest absolute Gasteiger partial charge is 0.245 e. The van der Waals surface area contributed by atoms with E-state index in [1.807, 2.05) is 41.3 Å². The summed E-state index contributed by atoms with van der Waals surface area (Å²) < 4.78 is 31.3. The molecule has 1 spiro atoms. The van der Waals surface area contributed by atoms with Gasteiger partial charge in [0.15, 0.2) is 0 Å². The molecule has 1 saturated heterocycles. The molecule has 36 heavy (non-hydrogen) atoms. The van der Waals surface area contributed by atoms with Gasteiger partial charge in [0.2, 0.25) is 5.91 Å². The van der Waals surface area contributed by atoms with E-state index >= 15 is 0 Å². The number of benzene rings is 3. The van der Waals surface area contributed by atoms with Gasteiger partial charge < -0.3 is 19.1 Å². The number of carbonyl (C=O) groups is 1. The molecular weight excluding hydrogens is 457 g/mol. The molecule has 0 aliphatic carbocycles. The van der Waals surface area contributed by atoms with Crippen LogP contribution in [0, 0.1) is 5.82 Å². The first-order valence-corrected chi connectivity index (χ1v) is 12.6. The fraction of sp³-hybridized carbons (Fsp3) is 0.300. The fourth-order valence-corrected chi connectivity index (χ4v) is 6.07. The number of halogens is 1. The van der Waals surface area contributed by atoms with Crippen LogP contribution in [0.25, 0.3) is 12.2 Å². The number of ether oxygens (including phenoxy) is 3. The van der Waals surface area contributed by atoms with Crippen molar-refractivity contribution in [3.8, 4) is 11.5 Å². The van der Waals surface area contributed by atoms with Crippen LogP contribution in [0.15, 0.2) is 54.6 Å². The van der Waals surface area contributed by atoms with Gasteiger partial charge in [-0.1, -0.05) is 36.4 Å². The van der Waals surface area contributed by atoms with E-state index in [-0.39, 0.29) is 24.4 Å². The van der Waals surface area contributed by atoms with Gasteiger partial charge in [-0.2, -0.15) is 0 Å². The van der Waals surface area contributed by atoms with Crippen molar-refractivity contribution >= 4 is 23.7 Å². The van der Waals surface area contributed by atoms with Gasteiger partial charge in [0.1, 0.15) is 29.3 Å². The first kappa shape index (κ1) is 21.6. The van der Waals surface area contributed by atoms with Crippen molar-refractivity contribution in [2.45, 2.75) is 30.8 Å². The lowest BCUT2D eigenvalue weighted by atomic mass is 9.74. The van der Waals surface area contributed by atoms with Crippen molar-refractivity contribution in [1.29, 1.82) is 0 Å². The molecule has 2 atom stereocenters. The van der Waals surface area contributed by atoms with Gasteiger partial charge in [0.25, 0.3) is 0 Å². The van der Waals surface area contributed by atoms with E-state index < -0.39 is 5.41 Å². The van der Waals surface area contributed by atoms with Crippen molar-refractivity contribution in [2.24, 2.45) is 0 Å². The Labute approximate surface area is 209 Å². The summed E-state index contributed by atoms with van der Waals surface area (Å²) in [6, 6.07) is 16.5. The second-order valence-electron chi connectivity index (χ2n) is 9.93. The molecule has 0 bridgehead atoms. The average molecular weight is 484 g/mol. The van der Waals surface area contributed by atoms with Crippen LogP contribution < -0.4 is 14.4 Å². The first-order chi connectivity index (χ1) is 17.6. The molecule has 0 saturated carbocycles. The van der Waals surface area contributed by atoms with Crippen LogP contribution in [0.5, 0.6) is 11.5 Å². The van der Waals surface area contributed by atoms with Crippen LogP contribution in [-0.4, -0.2) is 38.4 Å². The van der Waals surface area contributed by atoms with Gasteiger partial charge in [0.05, 0.1) is 19.3 Å². The number of anilines is 1. The Morgan fingerprint density at radius 2 is 1.92 bits per heavy atom. The van der Waals surface area contributed by atoms with Crippen LogP contribution in [-0.2, 0) is 21.4 Å². The van der Waals surface area contributed by atoms with E-state index in [2.05, 4.69) is 6.07 Å². The second-order valence-corrected chi connectivity index (χ2v) is 9.93. The van der Waals surface area contributed by atoms with E-state index in [1.54, 1.807) is 12.1 Å². The zero-order valence-corrected chi connectivity index (χ0v) is 19.8. The Hall–Kier alpha value is -3.64. The monoisotopic (exact) mass is 483 g/mol. The molecule has 182 valence electrons. The summed E-state index contributed by atoms with van der Waals surface area (Å²) in [7, 11) is 0. The van der Waals surface area contributed by atoms with Crippen molar-refractivity contribution in [1.82, 2.24) is 0 Å². The quantitative estimate of drug-likeness (QED) is 0.483. The molecule has 5 nitrogen and oxygen atoms in total. The number of fused-ring (bicyclic) bond motifs is 5. The van der Waals surface area contributed by atoms with Crippen molar-refractivity contribution in [3.05, 3.63) is 88.2 Å². The highest BCUT2D eigenvalue weighted by Gasteiger charge is 2.58. The normalized spacial score (nSPS) is 23.8. The van der Waals surface area contributed by atoms with E-state index in [4.69, 9.17) is 14.2 Å². The SMILES string of the molecule is O=C1N(CC2CCCO2)c2cccc(C=Cc3ccc(F)cc3)c2C12COc1cc3c(cc12)CCO3. The van der Waals surface area contributed by atoms with Gasteiger partial charge in [0, 0.05) is 35.9 Å². The first-order valence-electron chi connectivity index (χ1n) is 12.6. The Morgan fingerprint density at radius 3 is 2.75 bits per heavy atom. The lowest BCUT2D eigenvalue weighted by Gasteiger charge is -2.25. The summed E-state index contributed by atoms with van der Waals surface area (Å²) in [5.41, 5.74) is 4.81. The summed E-state index contributed by atoms with van der Waals surface area (Å²) in [4.78, 5) is 16.3. The average Bonchev–Trinajstić information content (AvgIpc) is 3.68. The molecule has 4 aliphatic rings. The Morgan fingerprint density at radius 1 is 1.03 bits per heavy atom. The molecule has 4 aliphatic heterocycles. The van der Waals surface area contributed by atoms with Crippen LogP contribution in [0.4, 0.5) is 10.1 Å². The molecule has 7 rings (SSSR count). The van der Waals surface area contributed by atoms with Crippen LogP contribution in [0.3, 0.4) is 0 Å². The van der Waals surface area contributed by atoms with Gasteiger partial charge in [-0.05, 0) is 53.8 Å². The molecule has 6 heteroatoms. The number of carbonyl (C=O) groups excluding carboxylic acids is 1. The standard InChI is InChI=1S/C30H26FNO4/c31-22-10-7-19(8-11-22)6-9-20-3-1-5-25-28(20)30(29(33)32(25)17-23-4-2-13-34-23)18-36-27-16-26-21(12-14-35-26)15-24(27)30/h1,3,5-11,15-16,23H,2,4,12-14,17-18H2. The molecule has 4 heterocycles. The highest BCUT2D eigenvalue weighted by atomic mass is 19.1. The largest absolute Gasteiger partial charge is 0.493 e. The second kappa shape index (κ2) is 8.20. The fourth-order valence-electron chi connectivity index (χ4n) is 6.07. The summed E-state index contributed by atoms with van der Waals surface area (Å²) in [5.74, 6) is 1.33. The molecular formula is C30H26FNO4. The van der Waals surface area contributed by atoms with Crippen molar-refractivity contribution < 1.29 is 23.4 Å². The van der Waals surface area contributed by atoms with E-state index in [1.165, 1.54) is 12.1 Å². The van der Waals surface area contributed by atoms with Crippen molar-refractivity contribution in [2.75, 3.05) is 31.3 Å². The maximum absolute atomic E-state index is 14.4. The van der Waals surface area contributed by atoms with Gasteiger partial charge in [-0.15, -0.1) is 0 Å². The minimum atomic E-state index is -0.926. The Kier molecular flexibility index (Phi) is 4.93. The van der Waals surface area contributed by atoms with Crippen LogP contribution in [0.1, 0.15) is 40.7 Å². The van der Waals surface area contributed by atoms with E-state index in [9.17, 15) is 9.18 Å². The summed E-state index contributed by atoms with van der Waals surface area (Å²) >= 11 is 0. The third-order valence-electron chi connectivity index (χ3n) is 7.83. The summed E-state index contributed by atoms with van der Waals surface area (Å²) in [5, 5.41) is 0. The van der Waals surface area contributed by atoms with Crippen LogP contribution >= 0.6 is 0 Å². The number of amides is 1. The third-order valence-corrected chi connectivity index (χ3v) is 7.83. The number of hydrogen-bond donors (Lipinski definition) is 0. The predicted octanol–water partition coefficient (Wildman–Crippen LogP) is 5.14. The molecule has 3 aromatic rings. The number of nitrogens with zero attached hydrogens (tertiary/aromatic N) is 1. The van der Waals surface area contributed by atoms with E-state index in [0.29, 0.717) is 18.9 Å². The molecule has 1 fully saturated rings.